The lowest BCUT2D eigenvalue weighted by atomic mass is 10.1. The Kier molecular flexibility index (Phi) is 3.44. The fraction of sp³-hybridized carbons (Fsp3) is 0.417. The Morgan fingerprint density at radius 3 is 2.94 bits per heavy atom. The predicted molar refractivity (Wildman–Crippen MR) is 65.4 cm³/mol. The van der Waals surface area contributed by atoms with Crippen molar-refractivity contribution in [3.05, 3.63) is 33.9 Å². The topological polar surface area (TPSA) is 79.4 Å². The Morgan fingerprint density at radius 2 is 2.39 bits per heavy atom. The van der Waals surface area contributed by atoms with Gasteiger partial charge in [0, 0.05) is 25.4 Å². The van der Waals surface area contributed by atoms with E-state index in [-0.39, 0.29) is 17.3 Å². The van der Waals surface area contributed by atoms with Gasteiger partial charge in [-0.05, 0) is 18.6 Å². The molecular formula is C12H13N3O3. The summed E-state index contributed by atoms with van der Waals surface area (Å²) in [7, 11) is 1.90. The zero-order chi connectivity index (χ0) is 13.1. The first-order chi connectivity index (χ1) is 8.63. The molecule has 1 aromatic rings. The summed E-state index contributed by atoms with van der Waals surface area (Å²) in [6.07, 6.45) is 0.926. The number of nitrogens with zero attached hydrogens (tertiary/aromatic N) is 3. The molecule has 2 rings (SSSR count). The molecule has 0 aromatic heterocycles. The van der Waals surface area contributed by atoms with E-state index in [0.29, 0.717) is 6.61 Å². The maximum Gasteiger partial charge on any atom is 0.287 e. The minimum atomic E-state index is -0.541. The SMILES string of the molecule is CN(c1ccc([N+](=O)[O-])c(C#N)c1)C1CCOC1. The van der Waals surface area contributed by atoms with Gasteiger partial charge in [-0.15, -0.1) is 0 Å². The van der Waals surface area contributed by atoms with Crippen LogP contribution >= 0.6 is 0 Å². The zero-order valence-electron chi connectivity index (χ0n) is 10.00. The second kappa shape index (κ2) is 5.02. The lowest BCUT2D eigenvalue weighted by Crippen LogP contribution is -2.31. The predicted octanol–water partition coefficient (Wildman–Crippen LogP) is 1.69. The van der Waals surface area contributed by atoms with Crippen molar-refractivity contribution in [3.63, 3.8) is 0 Å². The van der Waals surface area contributed by atoms with E-state index in [1.54, 1.807) is 12.1 Å². The molecule has 1 saturated heterocycles. The molecule has 0 saturated carbocycles. The van der Waals surface area contributed by atoms with Gasteiger partial charge in [0.1, 0.15) is 11.6 Å². The Bertz CT molecular complexity index is 504. The lowest BCUT2D eigenvalue weighted by molar-refractivity contribution is -0.385. The number of ether oxygens (including phenoxy) is 1. The van der Waals surface area contributed by atoms with Gasteiger partial charge in [0.25, 0.3) is 5.69 Å². The Morgan fingerprint density at radius 1 is 1.61 bits per heavy atom. The van der Waals surface area contributed by atoms with Crippen LogP contribution in [0.15, 0.2) is 18.2 Å². The first-order valence-electron chi connectivity index (χ1n) is 5.62. The molecule has 6 heteroatoms. The van der Waals surface area contributed by atoms with E-state index in [2.05, 4.69) is 0 Å². The van der Waals surface area contributed by atoms with Crippen LogP contribution in [0.3, 0.4) is 0 Å². The molecule has 6 nitrogen and oxygen atoms in total. The molecule has 1 aliphatic heterocycles. The largest absolute Gasteiger partial charge is 0.379 e. The highest BCUT2D eigenvalue weighted by Crippen LogP contribution is 2.26. The average Bonchev–Trinajstić information content (AvgIpc) is 2.90. The van der Waals surface area contributed by atoms with Gasteiger partial charge in [-0.3, -0.25) is 10.1 Å². The molecule has 1 unspecified atom stereocenters. The van der Waals surface area contributed by atoms with Crippen LogP contribution in [0.2, 0.25) is 0 Å². The standard InChI is InChI=1S/C12H13N3O3/c1-14(11-4-5-18-8-11)10-2-3-12(15(16)17)9(6-10)7-13/h2-3,6,11H,4-5,8H2,1H3. The van der Waals surface area contributed by atoms with Crippen molar-refractivity contribution >= 4 is 11.4 Å². The maximum absolute atomic E-state index is 10.7. The van der Waals surface area contributed by atoms with E-state index in [1.165, 1.54) is 6.07 Å². The molecule has 1 aliphatic rings. The normalized spacial score (nSPS) is 18.3. The third-order valence-electron chi connectivity index (χ3n) is 3.16. The number of nitro benzene ring substituents is 1. The van der Waals surface area contributed by atoms with Gasteiger partial charge in [0.05, 0.1) is 17.6 Å². The summed E-state index contributed by atoms with van der Waals surface area (Å²) in [6, 6.07) is 6.72. The fourth-order valence-corrected chi connectivity index (χ4v) is 2.03. The maximum atomic E-state index is 10.7. The minimum Gasteiger partial charge on any atom is -0.379 e. The molecule has 0 aliphatic carbocycles. The fourth-order valence-electron chi connectivity index (χ4n) is 2.03. The van der Waals surface area contributed by atoms with Crippen molar-refractivity contribution in [2.45, 2.75) is 12.5 Å². The van der Waals surface area contributed by atoms with Crippen LogP contribution in [0.4, 0.5) is 11.4 Å². The molecule has 0 N–H and O–H groups in total. The van der Waals surface area contributed by atoms with E-state index in [9.17, 15) is 10.1 Å². The molecule has 0 bridgehead atoms. The summed E-state index contributed by atoms with van der Waals surface area (Å²) in [5.41, 5.74) is 0.730. The third-order valence-corrected chi connectivity index (χ3v) is 3.16. The van der Waals surface area contributed by atoms with Crippen LogP contribution < -0.4 is 4.90 Å². The lowest BCUT2D eigenvalue weighted by Gasteiger charge is -2.25. The van der Waals surface area contributed by atoms with Gasteiger partial charge in [-0.25, -0.2) is 0 Å². The van der Waals surface area contributed by atoms with E-state index in [4.69, 9.17) is 10.00 Å². The molecule has 0 spiro atoms. The van der Waals surface area contributed by atoms with Crippen LogP contribution in [0.1, 0.15) is 12.0 Å². The van der Waals surface area contributed by atoms with Crippen molar-refractivity contribution in [1.82, 2.24) is 0 Å². The molecule has 0 amide bonds. The Hall–Kier alpha value is -2.13. The summed E-state index contributed by atoms with van der Waals surface area (Å²) in [5, 5.41) is 19.7. The van der Waals surface area contributed by atoms with Crippen LogP contribution in [0.25, 0.3) is 0 Å². The van der Waals surface area contributed by atoms with Crippen molar-refractivity contribution in [2.75, 3.05) is 25.2 Å². The Balaban J connectivity index is 2.29. The number of nitriles is 1. The highest BCUT2D eigenvalue weighted by molar-refractivity contribution is 5.60. The van der Waals surface area contributed by atoms with E-state index < -0.39 is 4.92 Å². The van der Waals surface area contributed by atoms with Crippen LogP contribution in [-0.4, -0.2) is 31.2 Å². The van der Waals surface area contributed by atoms with Gasteiger partial charge >= 0.3 is 0 Å². The minimum absolute atomic E-state index is 0.0864. The third kappa shape index (κ3) is 2.26. The second-order valence-electron chi connectivity index (χ2n) is 4.20. The molecule has 1 aromatic carbocycles. The Labute approximate surface area is 105 Å². The number of hydrogen-bond acceptors (Lipinski definition) is 5. The second-order valence-corrected chi connectivity index (χ2v) is 4.20. The number of nitro groups is 1. The van der Waals surface area contributed by atoms with Crippen molar-refractivity contribution in [2.24, 2.45) is 0 Å². The summed E-state index contributed by atoms with van der Waals surface area (Å²) in [5.74, 6) is 0. The molecule has 18 heavy (non-hydrogen) atoms. The zero-order valence-corrected chi connectivity index (χ0v) is 10.00. The van der Waals surface area contributed by atoms with Gasteiger partial charge in [0.15, 0.2) is 0 Å². The number of benzene rings is 1. The first kappa shape index (κ1) is 12.3. The number of likely N-dealkylation sites (N-methyl/N-ethyl adjacent to an activating group) is 1. The summed E-state index contributed by atoms with van der Waals surface area (Å²) in [6.45, 7) is 1.38. The number of hydrogen-bond donors (Lipinski definition) is 0. The molecule has 1 fully saturated rings. The summed E-state index contributed by atoms with van der Waals surface area (Å²) in [4.78, 5) is 12.2. The highest BCUT2D eigenvalue weighted by Gasteiger charge is 2.22. The van der Waals surface area contributed by atoms with Crippen LogP contribution in [0, 0.1) is 21.4 Å². The van der Waals surface area contributed by atoms with Gasteiger partial charge < -0.3 is 9.64 Å². The van der Waals surface area contributed by atoms with Crippen molar-refractivity contribution in [1.29, 1.82) is 5.26 Å². The van der Waals surface area contributed by atoms with E-state index >= 15 is 0 Å². The van der Waals surface area contributed by atoms with Crippen LogP contribution in [-0.2, 0) is 4.74 Å². The molecule has 94 valence electrons. The van der Waals surface area contributed by atoms with Crippen molar-refractivity contribution in [3.8, 4) is 6.07 Å². The molecular weight excluding hydrogens is 234 g/mol. The highest BCUT2D eigenvalue weighted by atomic mass is 16.6. The smallest absolute Gasteiger partial charge is 0.287 e. The van der Waals surface area contributed by atoms with E-state index in [1.807, 2.05) is 18.0 Å². The average molecular weight is 247 g/mol. The van der Waals surface area contributed by atoms with Crippen LogP contribution in [0.5, 0.6) is 0 Å². The first-order valence-corrected chi connectivity index (χ1v) is 5.62. The van der Waals surface area contributed by atoms with E-state index in [0.717, 1.165) is 18.7 Å². The van der Waals surface area contributed by atoms with Gasteiger partial charge in [0.2, 0.25) is 0 Å². The number of anilines is 1. The molecule has 0 radical (unpaired) electrons. The van der Waals surface area contributed by atoms with Crippen molar-refractivity contribution < 1.29 is 9.66 Å². The quantitative estimate of drug-likeness (QED) is 0.599. The monoisotopic (exact) mass is 247 g/mol. The molecule has 1 atom stereocenters. The molecule has 1 heterocycles. The van der Waals surface area contributed by atoms with Gasteiger partial charge in [-0.1, -0.05) is 0 Å². The number of rotatable bonds is 3. The van der Waals surface area contributed by atoms with Gasteiger partial charge in [-0.2, -0.15) is 5.26 Å². The summed E-state index contributed by atoms with van der Waals surface area (Å²) < 4.78 is 5.30. The summed E-state index contributed by atoms with van der Waals surface area (Å²) >= 11 is 0.